The van der Waals surface area contributed by atoms with Crippen LogP contribution in [0.15, 0.2) is 18.3 Å². The van der Waals surface area contributed by atoms with Crippen LogP contribution in [-0.2, 0) is 4.74 Å². The van der Waals surface area contributed by atoms with Crippen molar-refractivity contribution in [3.8, 4) is 0 Å². The van der Waals surface area contributed by atoms with Gasteiger partial charge in [-0.15, -0.1) is 11.3 Å². The topological polar surface area (TPSA) is 29.5 Å². The first-order valence-electron chi connectivity index (χ1n) is 4.16. The maximum atomic E-state index is 11.1. The van der Waals surface area contributed by atoms with Crippen molar-refractivity contribution in [1.29, 1.82) is 0 Å². The Morgan fingerprint density at radius 1 is 1.50 bits per heavy atom. The summed E-state index contributed by atoms with van der Waals surface area (Å²) in [5.74, 6) is -0.278. The van der Waals surface area contributed by atoms with Gasteiger partial charge in [-0.1, -0.05) is 0 Å². The highest BCUT2D eigenvalue weighted by molar-refractivity contribution is 7.14. The molecule has 0 aliphatic rings. The second-order valence-corrected chi connectivity index (χ2v) is 4.09. The Bertz CT molecular complexity index is 342. The number of ether oxygens (including phenoxy) is 1. The van der Waals surface area contributed by atoms with Crippen molar-refractivity contribution in [2.75, 3.05) is 21.2 Å². The summed E-state index contributed by atoms with van der Waals surface area (Å²) in [4.78, 5) is 14.7. The van der Waals surface area contributed by atoms with Gasteiger partial charge < -0.3 is 9.64 Å². The lowest BCUT2D eigenvalue weighted by Gasteiger charge is -2.01. The maximum absolute atomic E-state index is 11.1. The molecule has 0 aromatic carbocycles. The smallest absolute Gasteiger partial charge is 0.348 e. The second kappa shape index (κ2) is 4.81. The monoisotopic (exact) mass is 211 g/mol. The van der Waals surface area contributed by atoms with E-state index in [0.717, 1.165) is 4.88 Å². The molecule has 0 bridgehead atoms. The van der Waals surface area contributed by atoms with E-state index >= 15 is 0 Å². The number of nitrogens with zero attached hydrogens (tertiary/aromatic N) is 1. The lowest BCUT2D eigenvalue weighted by atomic mass is 10.4. The average molecular weight is 211 g/mol. The SMILES string of the molecule is COC(=O)c1ccc(/C=C/N(C)C)s1. The van der Waals surface area contributed by atoms with Crippen molar-refractivity contribution in [3.05, 3.63) is 28.1 Å². The van der Waals surface area contributed by atoms with Crippen LogP contribution in [0, 0.1) is 0 Å². The molecular formula is C10H13NO2S. The molecule has 0 aliphatic heterocycles. The minimum Gasteiger partial charge on any atom is -0.465 e. The molecule has 1 aromatic heterocycles. The zero-order valence-corrected chi connectivity index (χ0v) is 9.30. The Labute approximate surface area is 87.6 Å². The normalized spacial score (nSPS) is 10.5. The van der Waals surface area contributed by atoms with Crippen molar-refractivity contribution in [2.24, 2.45) is 0 Å². The summed E-state index contributed by atoms with van der Waals surface area (Å²) >= 11 is 1.42. The maximum Gasteiger partial charge on any atom is 0.348 e. The average Bonchev–Trinajstić information content (AvgIpc) is 2.62. The number of esters is 1. The fourth-order valence-electron chi connectivity index (χ4n) is 0.875. The molecule has 0 amide bonds. The largest absolute Gasteiger partial charge is 0.465 e. The van der Waals surface area contributed by atoms with Gasteiger partial charge in [-0.25, -0.2) is 4.79 Å². The fourth-order valence-corrected chi connectivity index (χ4v) is 1.70. The van der Waals surface area contributed by atoms with Crippen LogP contribution < -0.4 is 0 Å². The van der Waals surface area contributed by atoms with Crippen molar-refractivity contribution in [3.63, 3.8) is 0 Å². The third-order valence-corrected chi connectivity index (χ3v) is 2.58. The molecule has 3 nitrogen and oxygen atoms in total. The van der Waals surface area contributed by atoms with E-state index < -0.39 is 0 Å². The number of carbonyl (C=O) groups excluding carboxylic acids is 1. The molecule has 0 unspecified atom stereocenters. The van der Waals surface area contributed by atoms with Gasteiger partial charge >= 0.3 is 5.97 Å². The van der Waals surface area contributed by atoms with Crippen LogP contribution >= 0.6 is 11.3 Å². The van der Waals surface area contributed by atoms with Crippen LogP contribution in [0.2, 0.25) is 0 Å². The van der Waals surface area contributed by atoms with Gasteiger partial charge in [0.15, 0.2) is 0 Å². The zero-order valence-electron chi connectivity index (χ0n) is 8.48. The Hall–Kier alpha value is -1.29. The zero-order chi connectivity index (χ0) is 10.6. The fraction of sp³-hybridized carbons (Fsp3) is 0.300. The molecule has 1 aromatic rings. The number of methoxy groups -OCH3 is 1. The van der Waals surface area contributed by atoms with Gasteiger partial charge in [-0.3, -0.25) is 0 Å². The van der Waals surface area contributed by atoms with Crippen LogP contribution in [0.25, 0.3) is 6.08 Å². The summed E-state index contributed by atoms with van der Waals surface area (Å²) in [6.07, 6.45) is 3.89. The van der Waals surface area contributed by atoms with E-state index in [4.69, 9.17) is 0 Å². The van der Waals surface area contributed by atoms with E-state index in [2.05, 4.69) is 4.74 Å². The number of hydrogen-bond acceptors (Lipinski definition) is 4. The third kappa shape index (κ3) is 2.88. The molecule has 1 rings (SSSR count). The quantitative estimate of drug-likeness (QED) is 0.717. The second-order valence-electron chi connectivity index (χ2n) is 2.97. The molecule has 0 spiro atoms. The van der Waals surface area contributed by atoms with E-state index in [1.54, 1.807) is 6.07 Å². The van der Waals surface area contributed by atoms with Crippen molar-refractivity contribution >= 4 is 23.4 Å². The molecule has 1 heterocycles. The van der Waals surface area contributed by atoms with Gasteiger partial charge in [0.1, 0.15) is 4.88 Å². The molecular weight excluding hydrogens is 198 g/mol. The van der Waals surface area contributed by atoms with Crippen LogP contribution in [0.4, 0.5) is 0 Å². The van der Waals surface area contributed by atoms with Crippen LogP contribution in [0.3, 0.4) is 0 Å². The van der Waals surface area contributed by atoms with E-state index in [-0.39, 0.29) is 5.97 Å². The molecule has 0 radical (unpaired) electrons. The summed E-state index contributed by atoms with van der Waals surface area (Å²) < 4.78 is 4.61. The Kier molecular flexibility index (Phi) is 3.71. The summed E-state index contributed by atoms with van der Waals surface area (Å²) in [6, 6.07) is 3.67. The molecule has 0 saturated heterocycles. The van der Waals surface area contributed by atoms with Gasteiger partial charge in [0.2, 0.25) is 0 Å². The van der Waals surface area contributed by atoms with Crippen molar-refractivity contribution in [2.45, 2.75) is 0 Å². The predicted molar refractivity (Wildman–Crippen MR) is 58.4 cm³/mol. The molecule has 0 N–H and O–H groups in total. The molecule has 0 aliphatic carbocycles. The summed E-state index contributed by atoms with van der Waals surface area (Å²) in [6.45, 7) is 0. The third-order valence-electron chi connectivity index (χ3n) is 1.55. The highest BCUT2D eigenvalue weighted by atomic mass is 32.1. The van der Waals surface area contributed by atoms with Crippen molar-refractivity contribution in [1.82, 2.24) is 4.90 Å². The van der Waals surface area contributed by atoms with Crippen molar-refractivity contribution < 1.29 is 9.53 Å². The first-order valence-corrected chi connectivity index (χ1v) is 4.98. The standard InChI is InChI=1S/C10H13NO2S/c1-11(2)7-6-8-4-5-9(14-8)10(12)13-3/h4-7H,1-3H3/b7-6+. The number of rotatable bonds is 3. The van der Waals surface area contributed by atoms with E-state index in [1.165, 1.54) is 18.4 Å². The highest BCUT2D eigenvalue weighted by Gasteiger charge is 2.06. The Balaban J connectivity index is 2.73. The minimum atomic E-state index is -0.278. The Morgan fingerprint density at radius 3 is 2.79 bits per heavy atom. The van der Waals surface area contributed by atoms with E-state index in [1.807, 2.05) is 37.3 Å². The lowest BCUT2D eigenvalue weighted by molar-refractivity contribution is 0.0606. The van der Waals surface area contributed by atoms with Crippen LogP contribution in [0.5, 0.6) is 0 Å². The minimum absolute atomic E-state index is 0.278. The van der Waals surface area contributed by atoms with Crippen LogP contribution in [0.1, 0.15) is 14.5 Å². The highest BCUT2D eigenvalue weighted by Crippen LogP contribution is 2.18. The molecule has 14 heavy (non-hydrogen) atoms. The van der Waals surface area contributed by atoms with E-state index in [0.29, 0.717) is 4.88 Å². The van der Waals surface area contributed by atoms with Crippen LogP contribution in [-0.4, -0.2) is 32.1 Å². The lowest BCUT2D eigenvalue weighted by Crippen LogP contribution is -1.99. The van der Waals surface area contributed by atoms with Gasteiger partial charge in [0, 0.05) is 19.0 Å². The Morgan fingerprint density at radius 2 is 2.21 bits per heavy atom. The van der Waals surface area contributed by atoms with Gasteiger partial charge in [-0.05, 0) is 24.4 Å². The molecule has 4 heteroatoms. The summed E-state index contributed by atoms with van der Waals surface area (Å²) in [5, 5.41) is 0. The summed E-state index contributed by atoms with van der Waals surface area (Å²) in [7, 11) is 5.29. The van der Waals surface area contributed by atoms with Gasteiger partial charge in [0.05, 0.1) is 7.11 Å². The predicted octanol–water partition coefficient (Wildman–Crippen LogP) is 2.07. The molecule has 0 saturated carbocycles. The number of carbonyl (C=O) groups is 1. The first-order chi connectivity index (χ1) is 6.63. The first kappa shape index (κ1) is 10.8. The number of hydrogen-bond donors (Lipinski definition) is 0. The van der Waals surface area contributed by atoms with Gasteiger partial charge in [-0.2, -0.15) is 0 Å². The molecule has 76 valence electrons. The molecule has 0 fully saturated rings. The van der Waals surface area contributed by atoms with E-state index in [9.17, 15) is 4.79 Å². The molecule has 0 atom stereocenters. The van der Waals surface area contributed by atoms with Gasteiger partial charge in [0.25, 0.3) is 0 Å². The summed E-state index contributed by atoms with van der Waals surface area (Å²) in [5.41, 5.74) is 0. The number of thiophene rings is 1.